The molecule has 0 unspecified atom stereocenters. The van der Waals surface area contributed by atoms with Crippen LogP contribution in [0.2, 0.25) is 0 Å². The molecule has 2 nitrogen and oxygen atoms in total. The van der Waals surface area contributed by atoms with Gasteiger partial charge in [0, 0.05) is 0 Å². The molecule has 0 amide bonds. The minimum absolute atomic E-state index is 0.0307. The first-order valence-corrected chi connectivity index (χ1v) is 16.2. The van der Waals surface area contributed by atoms with Gasteiger partial charge in [0.2, 0.25) is 0 Å². The molecule has 5 aliphatic rings. The van der Waals surface area contributed by atoms with E-state index in [0.29, 0.717) is 33.5 Å². The average molecular weight is 511 g/mol. The van der Waals surface area contributed by atoms with Crippen LogP contribution in [-0.2, 0) is 9.53 Å². The summed E-state index contributed by atoms with van der Waals surface area (Å²) >= 11 is 0. The first-order chi connectivity index (χ1) is 17.4. The third-order valence-corrected chi connectivity index (χ3v) is 14.4. The fourth-order valence-corrected chi connectivity index (χ4v) is 11.5. The molecule has 11 atom stereocenters. The van der Waals surface area contributed by atoms with Crippen LogP contribution < -0.4 is 0 Å². The van der Waals surface area contributed by atoms with Gasteiger partial charge in [-0.3, -0.25) is 4.79 Å². The highest BCUT2D eigenvalue weighted by Crippen LogP contribution is 2.88. The number of ether oxygens (including phenoxy) is 1. The van der Waals surface area contributed by atoms with Crippen LogP contribution in [-0.4, -0.2) is 12.1 Å². The second-order valence-electron chi connectivity index (χ2n) is 15.7. The van der Waals surface area contributed by atoms with E-state index >= 15 is 0 Å². The number of fused-ring (bicyclic) bond motifs is 2. The molecule has 0 heterocycles. The normalized spacial score (nSPS) is 47.8. The van der Waals surface area contributed by atoms with Crippen LogP contribution >= 0.6 is 0 Å². The maximum Gasteiger partial charge on any atom is 0.308 e. The summed E-state index contributed by atoms with van der Waals surface area (Å²) in [5, 5.41) is 0. The first-order valence-electron chi connectivity index (χ1n) is 16.2. The minimum Gasteiger partial charge on any atom is -0.462 e. The van der Waals surface area contributed by atoms with E-state index in [2.05, 4.69) is 55.0 Å². The molecule has 5 saturated carbocycles. The van der Waals surface area contributed by atoms with E-state index in [1.54, 1.807) is 0 Å². The predicted molar refractivity (Wildman–Crippen MR) is 154 cm³/mol. The highest BCUT2D eigenvalue weighted by Gasteiger charge is 2.81. The largest absolute Gasteiger partial charge is 0.462 e. The van der Waals surface area contributed by atoms with Gasteiger partial charge in [-0.2, -0.15) is 0 Å². The monoisotopic (exact) mass is 510 g/mol. The van der Waals surface area contributed by atoms with Crippen LogP contribution in [0.1, 0.15) is 132 Å². The first kappa shape index (κ1) is 27.8. The highest BCUT2D eigenvalue weighted by molar-refractivity contribution is 5.72. The summed E-state index contributed by atoms with van der Waals surface area (Å²) in [4.78, 5) is 12.6. The van der Waals surface area contributed by atoms with E-state index in [9.17, 15) is 4.79 Å². The summed E-state index contributed by atoms with van der Waals surface area (Å²) in [6.45, 7) is 23.6. The van der Waals surface area contributed by atoms with Gasteiger partial charge in [0.1, 0.15) is 6.10 Å². The summed E-state index contributed by atoms with van der Waals surface area (Å²) in [5.41, 5.74) is 3.58. The molecule has 5 rings (SSSR count). The Kier molecular flexibility index (Phi) is 7.05. The Morgan fingerprint density at radius 2 is 1.68 bits per heavy atom. The van der Waals surface area contributed by atoms with E-state index in [1.165, 1.54) is 69.8 Å². The molecule has 0 aromatic carbocycles. The van der Waals surface area contributed by atoms with Crippen LogP contribution in [0.25, 0.3) is 0 Å². The van der Waals surface area contributed by atoms with Gasteiger partial charge < -0.3 is 4.74 Å². The Labute approximate surface area is 229 Å². The van der Waals surface area contributed by atoms with Crippen molar-refractivity contribution in [2.24, 2.45) is 63.1 Å². The number of rotatable bonds is 8. The van der Waals surface area contributed by atoms with Crippen molar-refractivity contribution in [3.8, 4) is 0 Å². The summed E-state index contributed by atoms with van der Waals surface area (Å²) in [6, 6.07) is 0. The van der Waals surface area contributed by atoms with Crippen molar-refractivity contribution < 1.29 is 9.53 Å². The molecule has 0 N–H and O–H groups in total. The molecule has 0 bridgehead atoms. The number of carbonyl (C=O) groups is 1. The number of allylic oxidation sites excluding steroid dienone is 1. The van der Waals surface area contributed by atoms with Gasteiger partial charge in [-0.15, -0.1) is 0 Å². The molecule has 0 aromatic rings. The van der Waals surface area contributed by atoms with Crippen LogP contribution in [0.4, 0.5) is 0 Å². The van der Waals surface area contributed by atoms with Crippen LogP contribution in [0.5, 0.6) is 0 Å². The van der Waals surface area contributed by atoms with Crippen LogP contribution in [0, 0.1) is 63.1 Å². The van der Waals surface area contributed by atoms with Gasteiger partial charge in [-0.05, 0) is 134 Å². The molecule has 5 fully saturated rings. The van der Waals surface area contributed by atoms with Crippen molar-refractivity contribution in [2.75, 3.05) is 0 Å². The van der Waals surface area contributed by atoms with Gasteiger partial charge in [0.05, 0.1) is 5.92 Å². The lowest BCUT2D eigenvalue weighted by Crippen LogP contribution is -2.56. The van der Waals surface area contributed by atoms with Gasteiger partial charge in [0.25, 0.3) is 0 Å². The van der Waals surface area contributed by atoms with Crippen molar-refractivity contribution in [2.45, 2.75) is 139 Å². The predicted octanol–water partition coefficient (Wildman–Crippen LogP) is 9.62. The van der Waals surface area contributed by atoms with Crippen LogP contribution in [0.3, 0.4) is 0 Å². The molecular weight excluding hydrogens is 452 g/mol. The van der Waals surface area contributed by atoms with E-state index in [0.717, 1.165) is 36.5 Å². The smallest absolute Gasteiger partial charge is 0.308 e. The number of carbonyl (C=O) groups excluding carboxylic acids is 1. The lowest BCUT2D eigenvalue weighted by Gasteiger charge is -2.62. The number of hydrogen-bond acceptors (Lipinski definition) is 2. The summed E-state index contributed by atoms with van der Waals surface area (Å²) < 4.78 is 6.16. The van der Waals surface area contributed by atoms with E-state index < -0.39 is 0 Å². The Hall–Kier alpha value is -0.790. The number of esters is 1. The molecule has 0 aromatic heterocycles. The van der Waals surface area contributed by atoms with Crippen molar-refractivity contribution in [3.63, 3.8) is 0 Å². The van der Waals surface area contributed by atoms with E-state index in [1.807, 2.05) is 6.92 Å². The van der Waals surface area contributed by atoms with Crippen molar-refractivity contribution in [3.05, 3.63) is 12.2 Å². The van der Waals surface area contributed by atoms with Gasteiger partial charge >= 0.3 is 5.97 Å². The topological polar surface area (TPSA) is 26.3 Å². The van der Waals surface area contributed by atoms with Crippen molar-refractivity contribution >= 4 is 5.97 Å². The van der Waals surface area contributed by atoms with Crippen molar-refractivity contribution in [1.29, 1.82) is 0 Å². The Morgan fingerprint density at radius 3 is 2.35 bits per heavy atom. The molecule has 0 saturated heterocycles. The zero-order chi connectivity index (χ0) is 27.0. The zero-order valence-corrected chi connectivity index (χ0v) is 25.6. The molecular formula is C35H58O2. The van der Waals surface area contributed by atoms with E-state index in [-0.39, 0.29) is 18.0 Å². The Balaban J connectivity index is 1.31. The fourth-order valence-electron chi connectivity index (χ4n) is 11.5. The average Bonchev–Trinajstić information content (AvgIpc) is 3.45. The minimum atomic E-state index is 0.0307. The van der Waals surface area contributed by atoms with Gasteiger partial charge in [0.15, 0.2) is 0 Å². The van der Waals surface area contributed by atoms with Gasteiger partial charge in [-0.25, -0.2) is 0 Å². The Bertz CT molecular complexity index is 905. The quantitative estimate of drug-likeness (QED) is 0.240. The third kappa shape index (κ3) is 3.87. The Morgan fingerprint density at radius 1 is 0.946 bits per heavy atom. The second-order valence-corrected chi connectivity index (χ2v) is 15.7. The standard InChI is InChI=1S/C35H58O2/c1-10-23(4)31(36)37-29-16-18-34-21-35(34)20-19-32(8)27(25(6)12-11-24(5)22(2)3)15-17-33(32,9)30(35)14-13-28(34)26(29)7/h22-23,25-30H,5,10-21H2,1-4,6-9H3/t23-,25-,26+,27-,28+,29+,30+,32-,33+,34-,35+/m1/s1. The second kappa shape index (κ2) is 9.40. The zero-order valence-electron chi connectivity index (χ0n) is 25.6. The molecule has 2 heteroatoms. The molecule has 5 aliphatic carbocycles. The maximum atomic E-state index is 12.6. The fraction of sp³-hybridized carbons (Fsp3) is 0.914. The molecule has 0 radical (unpaired) electrons. The lowest BCUT2D eigenvalue weighted by atomic mass is 9.43. The summed E-state index contributed by atoms with van der Waals surface area (Å²) in [7, 11) is 0. The lowest BCUT2D eigenvalue weighted by molar-refractivity contribution is -0.170. The third-order valence-electron chi connectivity index (χ3n) is 14.4. The molecule has 37 heavy (non-hydrogen) atoms. The van der Waals surface area contributed by atoms with E-state index in [4.69, 9.17) is 4.74 Å². The molecule has 210 valence electrons. The number of hydrogen-bond donors (Lipinski definition) is 0. The highest BCUT2D eigenvalue weighted by atomic mass is 16.5. The molecule has 0 aliphatic heterocycles. The summed E-state index contributed by atoms with van der Waals surface area (Å²) in [5.74, 6) is 4.55. The molecule has 2 spiro atoms. The maximum absolute atomic E-state index is 12.6. The van der Waals surface area contributed by atoms with Gasteiger partial charge in [-0.1, -0.05) is 67.5 Å². The SMILES string of the molecule is C=C(CC[C@@H](C)[C@H]1CC[C@@]2(C)[C@@H]3CC[C@H]4[C@H](C)[C@@H](OC(=O)[C@H](C)CC)CC[C@@]45C[C@@]35CC[C@]12C)C(C)C. The van der Waals surface area contributed by atoms with Crippen molar-refractivity contribution in [1.82, 2.24) is 0 Å². The summed E-state index contributed by atoms with van der Waals surface area (Å²) in [6.07, 6.45) is 16.0. The van der Waals surface area contributed by atoms with Crippen LogP contribution in [0.15, 0.2) is 12.2 Å².